The van der Waals surface area contributed by atoms with Crippen LogP contribution in [0.2, 0.25) is 0 Å². The number of aryl methyl sites for hydroxylation is 2. The number of hydrogen-bond acceptors (Lipinski definition) is 4. The number of hydrogen-bond donors (Lipinski definition) is 4. The molecule has 0 bridgehead atoms. The molecule has 0 saturated carbocycles. The highest BCUT2D eigenvalue weighted by Gasteiger charge is 2.34. The van der Waals surface area contributed by atoms with Crippen LogP contribution in [0.3, 0.4) is 0 Å². The molecule has 4 N–H and O–H groups in total. The van der Waals surface area contributed by atoms with Gasteiger partial charge in [0.05, 0.1) is 45.1 Å². The first-order valence-corrected chi connectivity index (χ1v) is 22.7. The van der Waals surface area contributed by atoms with Crippen LogP contribution in [0.15, 0.2) is 119 Å². The highest BCUT2D eigenvalue weighted by atomic mass is 16.3. The molecule has 63 heavy (non-hydrogen) atoms. The molecular formula is C55H76N4O4. The van der Waals surface area contributed by atoms with E-state index >= 15 is 0 Å². The second-order valence-electron chi connectivity index (χ2n) is 13.0. The summed E-state index contributed by atoms with van der Waals surface area (Å²) < 4.78 is 0. The molecular weight excluding hydrogens is 781 g/mol. The van der Waals surface area contributed by atoms with Gasteiger partial charge in [-0.05, 0) is 35.1 Å². The van der Waals surface area contributed by atoms with Crippen molar-refractivity contribution in [2.24, 2.45) is 9.98 Å². The minimum absolute atomic E-state index is 0. The van der Waals surface area contributed by atoms with Gasteiger partial charge >= 0.3 is 0 Å². The first-order chi connectivity index (χ1) is 30.2. The molecule has 4 aromatic carbocycles. The van der Waals surface area contributed by atoms with Crippen molar-refractivity contribution in [1.29, 1.82) is 0 Å². The van der Waals surface area contributed by atoms with Crippen LogP contribution in [0, 0.1) is 0 Å². The van der Waals surface area contributed by atoms with E-state index in [1.54, 1.807) is 0 Å². The molecule has 8 nitrogen and oxygen atoms in total. The van der Waals surface area contributed by atoms with Crippen LogP contribution in [0.1, 0.15) is 171 Å². The zero-order chi connectivity index (χ0) is 46.8. The van der Waals surface area contributed by atoms with Crippen LogP contribution in [0.5, 0.6) is 11.8 Å². The van der Waals surface area contributed by atoms with E-state index in [9.17, 15) is 19.8 Å². The lowest BCUT2D eigenvalue weighted by molar-refractivity contribution is 0.0998. The van der Waals surface area contributed by atoms with E-state index in [0.717, 1.165) is 35.1 Å². The summed E-state index contributed by atoms with van der Waals surface area (Å²) in [6.07, 6.45) is 4.40. The van der Waals surface area contributed by atoms with Gasteiger partial charge in [0.1, 0.15) is 0 Å². The van der Waals surface area contributed by atoms with Gasteiger partial charge in [-0.3, -0.25) is 9.59 Å². The Morgan fingerprint density at radius 2 is 0.683 bits per heavy atom. The van der Waals surface area contributed by atoms with Crippen molar-refractivity contribution in [2.75, 3.05) is 0 Å². The Morgan fingerprint density at radius 1 is 0.413 bits per heavy atom. The molecule has 2 aromatic heterocycles. The van der Waals surface area contributed by atoms with Gasteiger partial charge in [-0.2, -0.15) is 0 Å². The number of aromatic amines is 2. The molecule has 6 aromatic rings. The van der Waals surface area contributed by atoms with Gasteiger partial charge in [0.2, 0.25) is 0 Å². The lowest BCUT2D eigenvalue weighted by Crippen LogP contribution is -2.00. The van der Waals surface area contributed by atoms with Crippen molar-refractivity contribution in [3.8, 4) is 34.3 Å². The lowest BCUT2D eigenvalue weighted by atomic mass is 9.98. The number of amides is 2. The Labute approximate surface area is 379 Å². The average Bonchev–Trinajstić information content (AvgIpc) is 4.08. The van der Waals surface area contributed by atoms with Gasteiger partial charge < -0.3 is 20.2 Å². The standard InChI is InChI=1S/C22H20N2O2.C18H12N2O2.2C3H8.4C2H6.CH4/c1-3-13-5-9-15(10-6-13)19-17-18(22(26)23-19)20(24-21(17)25)16-11-7-14(4-2)8-12-16;21-17-13-14(16(20-17)12-9-5-2-6-10-12)18(22)19-15(13)11-7-3-1-4-8-11;2*1-3-2;4*1-2;/h5-12,23,26H,3-4H2,1-2H3;1-10,19,22H;2*3H2,1-2H3;4*1-2H3;1H4. The minimum Gasteiger partial charge on any atom is -0.494 e. The third kappa shape index (κ3) is 14.4. The van der Waals surface area contributed by atoms with Crippen molar-refractivity contribution in [1.82, 2.24) is 9.97 Å². The normalized spacial score (nSPS) is 10.9. The Bertz CT molecular complexity index is 2260. The van der Waals surface area contributed by atoms with Crippen molar-refractivity contribution in [3.05, 3.63) is 154 Å². The number of rotatable bonds is 6. The van der Waals surface area contributed by atoms with Crippen LogP contribution in [0.25, 0.3) is 22.5 Å². The van der Waals surface area contributed by atoms with Crippen LogP contribution in [-0.4, -0.2) is 43.4 Å². The van der Waals surface area contributed by atoms with E-state index in [1.807, 2.05) is 165 Å². The largest absolute Gasteiger partial charge is 0.494 e. The van der Waals surface area contributed by atoms with E-state index in [-0.39, 0.29) is 31.0 Å². The third-order valence-electron chi connectivity index (χ3n) is 8.68. The monoisotopic (exact) mass is 857 g/mol. The highest BCUT2D eigenvalue weighted by Crippen LogP contribution is 2.39. The number of carbonyl (C=O) groups is 2. The molecule has 0 aliphatic carbocycles. The number of nitrogens with zero attached hydrogens (tertiary/aromatic N) is 2. The number of aliphatic imine (C=N–C) groups is 2. The third-order valence-corrected chi connectivity index (χ3v) is 8.68. The Balaban J connectivity index is 0.000000946. The smallest absolute Gasteiger partial charge is 0.280 e. The van der Waals surface area contributed by atoms with Crippen molar-refractivity contribution < 1.29 is 19.8 Å². The Hall–Kier alpha value is -6.28. The Kier molecular flexibility index (Phi) is 27.6. The zero-order valence-electron chi connectivity index (χ0n) is 39.8. The fourth-order valence-electron chi connectivity index (χ4n) is 6.15. The summed E-state index contributed by atoms with van der Waals surface area (Å²) in [6, 6.07) is 34.8. The summed E-state index contributed by atoms with van der Waals surface area (Å²) in [5.41, 5.74) is 9.90. The van der Waals surface area contributed by atoms with E-state index in [2.05, 4.69) is 61.5 Å². The number of carbonyl (C=O) groups excluding carboxylic acids is 2. The molecule has 2 amide bonds. The number of fused-ring (bicyclic) bond motifs is 2. The first-order valence-electron chi connectivity index (χ1n) is 22.7. The molecule has 8 rings (SSSR count). The van der Waals surface area contributed by atoms with Crippen LogP contribution in [-0.2, 0) is 12.8 Å². The number of aromatic nitrogens is 2. The molecule has 0 unspecified atom stereocenters. The summed E-state index contributed by atoms with van der Waals surface area (Å²) in [6.45, 7) is 28.7. The topological polar surface area (TPSA) is 131 Å². The molecule has 0 spiro atoms. The maximum atomic E-state index is 12.6. The summed E-state index contributed by atoms with van der Waals surface area (Å²) >= 11 is 0. The van der Waals surface area contributed by atoms with Crippen LogP contribution >= 0.6 is 0 Å². The summed E-state index contributed by atoms with van der Waals surface area (Å²) in [4.78, 5) is 39.2. The van der Waals surface area contributed by atoms with Gasteiger partial charge in [0.15, 0.2) is 11.8 Å². The second kappa shape index (κ2) is 30.7. The van der Waals surface area contributed by atoms with E-state index in [0.29, 0.717) is 45.1 Å². The molecule has 0 fully saturated rings. The van der Waals surface area contributed by atoms with E-state index < -0.39 is 0 Å². The number of nitrogens with one attached hydrogen (secondary N) is 2. The quantitative estimate of drug-likeness (QED) is 0.133. The van der Waals surface area contributed by atoms with Gasteiger partial charge in [0, 0.05) is 11.1 Å². The van der Waals surface area contributed by atoms with Crippen LogP contribution in [0.4, 0.5) is 0 Å². The maximum Gasteiger partial charge on any atom is 0.280 e. The fourth-order valence-corrected chi connectivity index (χ4v) is 6.15. The van der Waals surface area contributed by atoms with Gasteiger partial charge in [-0.15, -0.1) is 0 Å². The fraction of sp³-hybridized carbons (Fsp3) is 0.345. The summed E-state index contributed by atoms with van der Waals surface area (Å²) in [7, 11) is 0. The predicted octanol–water partition coefficient (Wildman–Crippen LogP) is 15.5. The molecule has 2 aliphatic rings. The zero-order valence-corrected chi connectivity index (χ0v) is 39.8. The van der Waals surface area contributed by atoms with Crippen molar-refractivity contribution in [3.63, 3.8) is 0 Å². The summed E-state index contributed by atoms with van der Waals surface area (Å²) in [5.74, 6) is -0.689. The number of H-pyrrole nitrogens is 2. The lowest BCUT2D eigenvalue weighted by Gasteiger charge is -2.03. The summed E-state index contributed by atoms with van der Waals surface area (Å²) in [5, 5.41) is 20.8. The van der Waals surface area contributed by atoms with Crippen LogP contribution < -0.4 is 0 Å². The van der Waals surface area contributed by atoms with E-state index in [1.165, 1.54) is 24.0 Å². The molecule has 0 radical (unpaired) electrons. The molecule has 0 atom stereocenters. The van der Waals surface area contributed by atoms with Crippen molar-refractivity contribution >= 4 is 23.2 Å². The maximum absolute atomic E-state index is 12.6. The average molecular weight is 857 g/mol. The number of aromatic hydroxyl groups is 2. The predicted molar refractivity (Wildman–Crippen MR) is 271 cm³/mol. The van der Waals surface area contributed by atoms with Gasteiger partial charge in [0.25, 0.3) is 11.8 Å². The number of benzene rings is 4. The first kappa shape index (κ1) is 56.7. The Morgan fingerprint density at radius 3 is 1.00 bits per heavy atom. The molecule has 8 heteroatoms. The molecule has 4 heterocycles. The van der Waals surface area contributed by atoms with Gasteiger partial charge in [-0.1, -0.05) is 226 Å². The van der Waals surface area contributed by atoms with E-state index in [4.69, 9.17) is 0 Å². The van der Waals surface area contributed by atoms with Crippen molar-refractivity contribution in [2.45, 2.75) is 130 Å². The van der Waals surface area contributed by atoms with Gasteiger partial charge in [-0.25, -0.2) is 9.98 Å². The SMILES string of the molecule is C.CC.CC.CC.CC.CCC.CCC.CCc1ccc(C2=NC(=O)c3c(-c4ccc(CC)cc4)[nH]c(O)c32)cc1.O=C1N=C(c2ccccc2)c2c(O)[nH]c(-c3ccccc3)c21. The molecule has 0 saturated heterocycles. The highest BCUT2D eigenvalue weighted by molar-refractivity contribution is 6.31. The minimum atomic E-state index is -0.329. The molecule has 2 aliphatic heterocycles. The second-order valence-corrected chi connectivity index (χ2v) is 13.0. The molecule has 340 valence electrons.